The van der Waals surface area contributed by atoms with Crippen LogP contribution in [0.25, 0.3) is 0 Å². The minimum atomic E-state index is -4.19. The van der Waals surface area contributed by atoms with Gasteiger partial charge in [-0.3, -0.25) is 4.21 Å². The molecule has 31 heavy (non-hydrogen) atoms. The first-order chi connectivity index (χ1) is 14.8. The van der Waals surface area contributed by atoms with E-state index in [-0.39, 0.29) is 23.7 Å². The van der Waals surface area contributed by atoms with Gasteiger partial charge in [-0.25, -0.2) is 13.6 Å². The average Bonchev–Trinajstić information content (AvgIpc) is 3.26. The summed E-state index contributed by atoms with van der Waals surface area (Å²) in [6.07, 6.45) is 5.17. The highest BCUT2D eigenvalue weighted by Crippen LogP contribution is 2.27. The van der Waals surface area contributed by atoms with Crippen molar-refractivity contribution < 1.29 is 22.3 Å². The van der Waals surface area contributed by atoms with E-state index in [1.165, 1.54) is 31.0 Å². The molecule has 1 aliphatic carbocycles. The van der Waals surface area contributed by atoms with E-state index in [2.05, 4.69) is 11.8 Å². The summed E-state index contributed by atoms with van der Waals surface area (Å²) in [5.74, 6) is 6.98. The SMILES string of the molecule is NS(=O)(=O)c1cc(CO)ccc1N(CCc1ccc(C#CC2CCCC2)cc1)S(=O)[O-]. The van der Waals surface area contributed by atoms with E-state index in [0.29, 0.717) is 17.9 Å². The summed E-state index contributed by atoms with van der Waals surface area (Å²) in [6.45, 7) is -0.358. The van der Waals surface area contributed by atoms with E-state index in [4.69, 9.17) is 5.14 Å². The van der Waals surface area contributed by atoms with Gasteiger partial charge >= 0.3 is 0 Å². The maximum atomic E-state index is 12.0. The molecule has 3 rings (SSSR count). The highest BCUT2D eigenvalue weighted by atomic mass is 32.2. The van der Waals surface area contributed by atoms with Gasteiger partial charge < -0.3 is 14.0 Å². The molecule has 0 radical (unpaired) electrons. The molecule has 2 aromatic rings. The first-order valence-electron chi connectivity index (χ1n) is 10.0. The average molecular weight is 462 g/mol. The van der Waals surface area contributed by atoms with Crippen LogP contribution in [0, 0.1) is 17.8 Å². The molecule has 0 bridgehead atoms. The molecule has 1 saturated carbocycles. The fourth-order valence-electron chi connectivity index (χ4n) is 3.61. The summed E-state index contributed by atoms with van der Waals surface area (Å²) >= 11 is -2.71. The van der Waals surface area contributed by atoms with Crippen LogP contribution in [0.5, 0.6) is 0 Å². The van der Waals surface area contributed by atoms with E-state index in [1.807, 2.05) is 24.3 Å². The Morgan fingerprint density at radius 1 is 1.13 bits per heavy atom. The summed E-state index contributed by atoms with van der Waals surface area (Å²) in [6, 6.07) is 11.6. The largest absolute Gasteiger partial charge is 0.755 e. The van der Waals surface area contributed by atoms with Crippen molar-refractivity contribution in [2.45, 2.75) is 43.6 Å². The first-order valence-corrected chi connectivity index (χ1v) is 12.6. The second kappa shape index (κ2) is 10.4. The zero-order valence-electron chi connectivity index (χ0n) is 17.0. The van der Waals surface area contributed by atoms with E-state index in [1.54, 1.807) is 0 Å². The van der Waals surface area contributed by atoms with Gasteiger partial charge in [-0.1, -0.05) is 42.9 Å². The molecule has 1 atom stereocenters. The predicted molar refractivity (Wildman–Crippen MR) is 119 cm³/mol. The molecule has 0 aliphatic heterocycles. The molecule has 0 saturated heterocycles. The van der Waals surface area contributed by atoms with E-state index in [0.717, 1.165) is 28.3 Å². The van der Waals surface area contributed by atoms with Gasteiger partial charge in [-0.2, -0.15) is 0 Å². The van der Waals surface area contributed by atoms with Gasteiger partial charge in [0.1, 0.15) is 4.90 Å². The van der Waals surface area contributed by atoms with Crippen molar-refractivity contribution >= 4 is 27.0 Å². The fraction of sp³-hybridized carbons (Fsp3) is 0.364. The molecule has 0 aromatic heterocycles. The minimum absolute atomic E-state index is 0.0319. The third-order valence-electron chi connectivity index (χ3n) is 5.30. The zero-order chi connectivity index (χ0) is 22.4. The number of rotatable bonds is 7. The summed E-state index contributed by atoms with van der Waals surface area (Å²) < 4.78 is 48.6. The number of nitrogens with two attached hydrogens (primary N) is 1. The van der Waals surface area contributed by atoms with E-state index in [9.17, 15) is 22.3 Å². The van der Waals surface area contributed by atoms with Crippen molar-refractivity contribution in [2.24, 2.45) is 11.1 Å². The van der Waals surface area contributed by atoms with Crippen molar-refractivity contribution in [1.82, 2.24) is 0 Å². The second-order valence-corrected chi connectivity index (χ2v) is 9.93. The van der Waals surface area contributed by atoms with Gasteiger partial charge in [0.15, 0.2) is 0 Å². The normalized spacial score (nSPS) is 15.3. The third kappa shape index (κ3) is 6.38. The van der Waals surface area contributed by atoms with Gasteiger partial charge in [0.05, 0.1) is 12.3 Å². The van der Waals surface area contributed by atoms with Gasteiger partial charge in [0.25, 0.3) is 0 Å². The van der Waals surface area contributed by atoms with Crippen LogP contribution in [0.2, 0.25) is 0 Å². The lowest BCUT2D eigenvalue weighted by atomic mass is 10.1. The van der Waals surface area contributed by atoms with Crippen molar-refractivity contribution in [1.29, 1.82) is 0 Å². The number of primary sulfonamides is 1. The smallest absolute Gasteiger partial charge is 0.240 e. The number of sulfonamides is 1. The van der Waals surface area contributed by atoms with Crippen LogP contribution in [-0.2, 0) is 34.3 Å². The molecular weight excluding hydrogens is 436 g/mol. The Morgan fingerprint density at radius 3 is 2.35 bits per heavy atom. The van der Waals surface area contributed by atoms with Crippen LogP contribution >= 0.6 is 0 Å². The van der Waals surface area contributed by atoms with Crippen LogP contribution in [0.3, 0.4) is 0 Å². The van der Waals surface area contributed by atoms with Crippen molar-refractivity contribution in [3.8, 4) is 11.8 Å². The van der Waals surface area contributed by atoms with Crippen LogP contribution in [-0.4, -0.2) is 28.8 Å². The van der Waals surface area contributed by atoms with Crippen LogP contribution < -0.4 is 9.44 Å². The van der Waals surface area contributed by atoms with Gasteiger partial charge in [0, 0.05) is 29.3 Å². The Bertz CT molecular complexity index is 1100. The van der Waals surface area contributed by atoms with Crippen molar-refractivity contribution in [3.63, 3.8) is 0 Å². The topological polar surface area (TPSA) is 124 Å². The van der Waals surface area contributed by atoms with Crippen molar-refractivity contribution in [2.75, 3.05) is 10.8 Å². The lowest BCUT2D eigenvalue weighted by molar-refractivity contribution is 0.281. The summed E-state index contributed by atoms with van der Waals surface area (Å²) in [7, 11) is -4.19. The Labute approximate surface area is 185 Å². The minimum Gasteiger partial charge on any atom is -0.755 e. The van der Waals surface area contributed by atoms with Crippen LogP contribution in [0.1, 0.15) is 42.4 Å². The molecule has 166 valence electrons. The number of nitrogens with zero attached hydrogens (tertiary/aromatic N) is 1. The highest BCUT2D eigenvalue weighted by molar-refractivity contribution is 7.89. The number of hydrogen-bond acceptors (Lipinski definition) is 5. The maximum absolute atomic E-state index is 12.0. The summed E-state index contributed by atoms with van der Waals surface area (Å²) in [5.41, 5.74) is 2.08. The molecule has 1 aliphatic rings. The maximum Gasteiger partial charge on any atom is 0.240 e. The number of hydrogen-bond donors (Lipinski definition) is 2. The third-order valence-corrected chi connectivity index (χ3v) is 6.97. The number of anilines is 1. The molecule has 9 heteroatoms. The molecule has 3 N–H and O–H groups in total. The second-order valence-electron chi connectivity index (χ2n) is 7.52. The van der Waals surface area contributed by atoms with Crippen LogP contribution in [0.15, 0.2) is 47.4 Å². The number of benzene rings is 2. The van der Waals surface area contributed by atoms with E-state index < -0.39 is 21.3 Å². The Kier molecular flexibility index (Phi) is 7.86. The molecule has 7 nitrogen and oxygen atoms in total. The molecule has 2 aromatic carbocycles. The highest BCUT2D eigenvalue weighted by Gasteiger charge is 2.20. The number of aliphatic hydroxyl groups is 1. The summed E-state index contributed by atoms with van der Waals surface area (Å²) in [4.78, 5) is -0.346. The van der Waals surface area contributed by atoms with Crippen LogP contribution in [0.4, 0.5) is 5.69 Å². The molecule has 0 heterocycles. The monoisotopic (exact) mass is 461 g/mol. The van der Waals surface area contributed by atoms with E-state index >= 15 is 0 Å². The Balaban J connectivity index is 1.75. The molecule has 1 fully saturated rings. The Morgan fingerprint density at radius 2 is 1.77 bits per heavy atom. The predicted octanol–water partition coefficient (Wildman–Crippen LogP) is 2.21. The van der Waals surface area contributed by atoms with Gasteiger partial charge in [0.2, 0.25) is 10.0 Å². The molecular formula is C22H25N2O5S2-. The molecule has 0 amide bonds. The Hall–Kier alpha value is -2.22. The lowest BCUT2D eigenvalue weighted by Crippen LogP contribution is -2.30. The first kappa shape index (κ1) is 23.4. The molecule has 1 unspecified atom stereocenters. The lowest BCUT2D eigenvalue weighted by Gasteiger charge is -2.28. The molecule has 0 spiro atoms. The number of aliphatic hydroxyl groups excluding tert-OH is 1. The standard InChI is InChI=1S/C22H26N2O5S2/c23-31(28,29)22-15-20(16-25)11-12-21(22)24(30(26)27)14-13-19-9-7-18(8-10-19)6-5-17-3-1-2-4-17/h7-12,15,17,25H,1-4,13-14,16H2,(H,26,27)(H2,23,28,29)/p-1. The quantitative estimate of drug-likeness (QED) is 0.483. The van der Waals surface area contributed by atoms with Gasteiger partial charge in [-0.05, 0) is 54.7 Å². The summed E-state index contributed by atoms with van der Waals surface area (Å²) in [5, 5.41) is 14.5. The zero-order valence-corrected chi connectivity index (χ0v) is 18.6. The fourth-order valence-corrected chi connectivity index (χ4v) is 5.01. The van der Waals surface area contributed by atoms with Crippen molar-refractivity contribution in [3.05, 3.63) is 59.2 Å². The van der Waals surface area contributed by atoms with Gasteiger partial charge in [-0.15, -0.1) is 0 Å².